The SMILES string of the molecule is CC.COCCn1cc(C)cn1. The summed E-state index contributed by atoms with van der Waals surface area (Å²) in [4.78, 5) is 0. The van der Waals surface area contributed by atoms with Crippen LogP contribution >= 0.6 is 0 Å². The molecule has 0 atom stereocenters. The molecular weight excluding hydrogens is 152 g/mol. The molecular formula is C9H18N2O. The second-order valence-electron chi connectivity index (χ2n) is 2.27. The number of aromatic nitrogens is 2. The van der Waals surface area contributed by atoms with Crippen molar-refractivity contribution < 1.29 is 4.74 Å². The zero-order valence-electron chi connectivity index (χ0n) is 8.37. The first-order valence-corrected chi connectivity index (χ1v) is 4.31. The molecule has 0 unspecified atom stereocenters. The molecule has 0 saturated heterocycles. The van der Waals surface area contributed by atoms with Gasteiger partial charge in [-0.3, -0.25) is 4.68 Å². The standard InChI is InChI=1S/C7H12N2O.C2H6/c1-7-5-8-9(6-7)3-4-10-2;1-2/h5-6H,3-4H2,1-2H3;1-2H3. The molecule has 70 valence electrons. The minimum atomic E-state index is 0.723. The summed E-state index contributed by atoms with van der Waals surface area (Å²) >= 11 is 0. The Balaban J connectivity index is 0.000000561. The largest absolute Gasteiger partial charge is 0.383 e. The van der Waals surface area contributed by atoms with Crippen LogP contribution in [-0.4, -0.2) is 23.5 Å². The van der Waals surface area contributed by atoms with E-state index in [0.29, 0.717) is 0 Å². The van der Waals surface area contributed by atoms with Gasteiger partial charge in [0.05, 0.1) is 19.3 Å². The molecule has 1 aromatic rings. The van der Waals surface area contributed by atoms with Gasteiger partial charge in [0.25, 0.3) is 0 Å². The zero-order chi connectivity index (χ0) is 9.40. The quantitative estimate of drug-likeness (QED) is 0.692. The molecule has 12 heavy (non-hydrogen) atoms. The van der Waals surface area contributed by atoms with Gasteiger partial charge in [0.15, 0.2) is 0 Å². The van der Waals surface area contributed by atoms with E-state index in [-0.39, 0.29) is 0 Å². The van der Waals surface area contributed by atoms with Crippen LogP contribution in [0.2, 0.25) is 0 Å². The summed E-state index contributed by atoms with van der Waals surface area (Å²) in [5.74, 6) is 0. The van der Waals surface area contributed by atoms with Gasteiger partial charge in [0.1, 0.15) is 0 Å². The molecule has 0 bridgehead atoms. The van der Waals surface area contributed by atoms with Crippen LogP contribution in [0, 0.1) is 6.92 Å². The molecule has 3 nitrogen and oxygen atoms in total. The fourth-order valence-electron chi connectivity index (χ4n) is 0.774. The summed E-state index contributed by atoms with van der Waals surface area (Å²) in [6, 6.07) is 0. The topological polar surface area (TPSA) is 27.1 Å². The van der Waals surface area contributed by atoms with E-state index in [9.17, 15) is 0 Å². The average Bonchev–Trinajstić information content (AvgIpc) is 2.51. The second kappa shape index (κ2) is 6.85. The molecule has 0 aliphatic carbocycles. The van der Waals surface area contributed by atoms with Crippen molar-refractivity contribution in [1.82, 2.24) is 9.78 Å². The van der Waals surface area contributed by atoms with Gasteiger partial charge < -0.3 is 4.74 Å². The number of methoxy groups -OCH3 is 1. The Morgan fingerprint density at radius 2 is 2.17 bits per heavy atom. The lowest BCUT2D eigenvalue weighted by molar-refractivity contribution is 0.183. The van der Waals surface area contributed by atoms with Gasteiger partial charge in [-0.25, -0.2) is 0 Å². The lowest BCUT2D eigenvalue weighted by atomic mass is 10.4. The molecule has 0 N–H and O–H groups in total. The van der Waals surface area contributed by atoms with E-state index in [4.69, 9.17) is 4.74 Å². The van der Waals surface area contributed by atoms with Gasteiger partial charge in [-0.1, -0.05) is 13.8 Å². The van der Waals surface area contributed by atoms with Gasteiger partial charge in [-0.05, 0) is 12.5 Å². The number of hydrogen-bond donors (Lipinski definition) is 0. The Kier molecular flexibility index (Phi) is 6.38. The fraction of sp³-hybridized carbons (Fsp3) is 0.667. The fourth-order valence-corrected chi connectivity index (χ4v) is 0.774. The molecule has 0 amide bonds. The Morgan fingerprint density at radius 1 is 1.50 bits per heavy atom. The molecule has 1 heterocycles. The van der Waals surface area contributed by atoms with Gasteiger partial charge in [0, 0.05) is 13.3 Å². The predicted molar refractivity (Wildman–Crippen MR) is 50.2 cm³/mol. The van der Waals surface area contributed by atoms with Crippen LogP contribution in [0.4, 0.5) is 0 Å². The predicted octanol–water partition coefficient (Wildman–Crippen LogP) is 1.86. The minimum Gasteiger partial charge on any atom is -0.383 e. The van der Waals surface area contributed by atoms with Crippen molar-refractivity contribution in [2.24, 2.45) is 0 Å². The summed E-state index contributed by atoms with van der Waals surface area (Å²) in [7, 11) is 1.69. The Morgan fingerprint density at radius 3 is 2.58 bits per heavy atom. The minimum absolute atomic E-state index is 0.723. The molecule has 0 aliphatic rings. The van der Waals surface area contributed by atoms with Crippen molar-refractivity contribution in [2.45, 2.75) is 27.3 Å². The first kappa shape index (κ1) is 11.2. The molecule has 0 saturated carbocycles. The number of rotatable bonds is 3. The highest BCUT2D eigenvalue weighted by Gasteiger charge is 1.90. The smallest absolute Gasteiger partial charge is 0.0658 e. The number of aryl methyl sites for hydroxylation is 1. The third-order valence-electron chi connectivity index (χ3n) is 1.29. The molecule has 0 radical (unpaired) electrons. The van der Waals surface area contributed by atoms with Crippen LogP contribution in [0.25, 0.3) is 0 Å². The summed E-state index contributed by atoms with van der Waals surface area (Å²) in [6.07, 6.45) is 3.84. The maximum Gasteiger partial charge on any atom is 0.0658 e. The number of ether oxygens (including phenoxy) is 1. The first-order valence-electron chi connectivity index (χ1n) is 4.31. The summed E-state index contributed by atoms with van der Waals surface area (Å²) < 4.78 is 6.77. The molecule has 1 aromatic heterocycles. The van der Waals surface area contributed by atoms with Crippen LogP contribution in [0.15, 0.2) is 12.4 Å². The van der Waals surface area contributed by atoms with Gasteiger partial charge >= 0.3 is 0 Å². The Labute approximate surface area is 74.3 Å². The van der Waals surface area contributed by atoms with E-state index in [1.165, 1.54) is 5.56 Å². The van der Waals surface area contributed by atoms with E-state index in [1.807, 2.05) is 37.8 Å². The highest BCUT2D eigenvalue weighted by atomic mass is 16.5. The second-order valence-corrected chi connectivity index (χ2v) is 2.27. The Hall–Kier alpha value is -0.830. The van der Waals surface area contributed by atoms with Crippen molar-refractivity contribution >= 4 is 0 Å². The van der Waals surface area contributed by atoms with Crippen molar-refractivity contribution in [1.29, 1.82) is 0 Å². The van der Waals surface area contributed by atoms with Crippen LogP contribution in [0.3, 0.4) is 0 Å². The molecule has 0 spiro atoms. The molecule has 0 aliphatic heterocycles. The first-order chi connectivity index (χ1) is 5.83. The van der Waals surface area contributed by atoms with E-state index >= 15 is 0 Å². The van der Waals surface area contributed by atoms with Crippen LogP contribution < -0.4 is 0 Å². The molecule has 0 aromatic carbocycles. The lowest BCUT2D eigenvalue weighted by Gasteiger charge is -1.97. The maximum atomic E-state index is 4.89. The van der Waals surface area contributed by atoms with Crippen molar-refractivity contribution in [2.75, 3.05) is 13.7 Å². The third-order valence-corrected chi connectivity index (χ3v) is 1.29. The van der Waals surface area contributed by atoms with E-state index in [2.05, 4.69) is 5.10 Å². The van der Waals surface area contributed by atoms with Crippen molar-refractivity contribution in [3.63, 3.8) is 0 Å². The normalized spacial score (nSPS) is 9.00. The summed E-state index contributed by atoms with van der Waals surface area (Å²) in [5, 5.41) is 4.09. The number of nitrogens with zero attached hydrogens (tertiary/aromatic N) is 2. The van der Waals surface area contributed by atoms with Crippen LogP contribution in [0.5, 0.6) is 0 Å². The average molecular weight is 170 g/mol. The highest BCUT2D eigenvalue weighted by molar-refractivity contribution is 4.99. The summed E-state index contributed by atoms with van der Waals surface area (Å²) in [5.41, 5.74) is 1.19. The molecule has 3 heteroatoms. The monoisotopic (exact) mass is 170 g/mol. The molecule has 0 fully saturated rings. The third kappa shape index (κ3) is 4.13. The van der Waals surface area contributed by atoms with E-state index in [0.717, 1.165) is 13.2 Å². The Bertz CT molecular complexity index is 196. The van der Waals surface area contributed by atoms with Gasteiger partial charge in [-0.15, -0.1) is 0 Å². The maximum absolute atomic E-state index is 4.89. The lowest BCUT2D eigenvalue weighted by Crippen LogP contribution is -2.03. The van der Waals surface area contributed by atoms with E-state index < -0.39 is 0 Å². The van der Waals surface area contributed by atoms with Gasteiger partial charge in [0.2, 0.25) is 0 Å². The highest BCUT2D eigenvalue weighted by Crippen LogP contribution is 1.92. The van der Waals surface area contributed by atoms with Crippen molar-refractivity contribution in [3.8, 4) is 0 Å². The molecule has 1 rings (SSSR count). The summed E-state index contributed by atoms with van der Waals surface area (Å²) in [6.45, 7) is 7.59. The zero-order valence-corrected chi connectivity index (χ0v) is 8.37. The van der Waals surface area contributed by atoms with E-state index in [1.54, 1.807) is 7.11 Å². The van der Waals surface area contributed by atoms with Crippen LogP contribution in [0.1, 0.15) is 19.4 Å². The number of hydrogen-bond acceptors (Lipinski definition) is 2. The van der Waals surface area contributed by atoms with Gasteiger partial charge in [-0.2, -0.15) is 5.10 Å². The van der Waals surface area contributed by atoms with Crippen molar-refractivity contribution in [3.05, 3.63) is 18.0 Å². The van der Waals surface area contributed by atoms with Crippen LogP contribution in [-0.2, 0) is 11.3 Å².